The van der Waals surface area contributed by atoms with Crippen molar-refractivity contribution in [1.29, 1.82) is 0 Å². The maximum Gasteiger partial charge on any atom is -0.00146 e. The van der Waals surface area contributed by atoms with E-state index in [1.54, 1.807) is 0 Å². The van der Waals surface area contributed by atoms with E-state index in [1.807, 2.05) is 0 Å². The minimum absolute atomic E-state index is 0.759. The molecule has 1 saturated carbocycles. The van der Waals surface area contributed by atoms with Crippen LogP contribution in [0.2, 0.25) is 0 Å². The zero-order valence-electron chi connectivity index (χ0n) is 10.4. The van der Waals surface area contributed by atoms with Crippen LogP contribution in [0.4, 0.5) is 0 Å². The van der Waals surface area contributed by atoms with Gasteiger partial charge in [0.25, 0.3) is 0 Å². The molecule has 0 heterocycles. The van der Waals surface area contributed by atoms with E-state index >= 15 is 0 Å². The minimum atomic E-state index is 0.759. The van der Waals surface area contributed by atoms with Crippen molar-refractivity contribution in [3.63, 3.8) is 0 Å². The summed E-state index contributed by atoms with van der Waals surface area (Å²) in [7, 11) is 0. The zero-order chi connectivity index (χ0) is 11.4. The molecule has 1 N–H and O–H groups in total. The van der Waals surface area contributed by atoms with Crippen LogP contribution in [0.3, 0.4) is 0 Å². The molecule has 1 heteroatoms. The summed E-state index contributed by atoms with van der Waals surface area (Å²) < 4.78 is 0. The van der Waals surface area contributed by atoms with Gasteiger partial charge >= 0.3 is 0 Å². The summed E-state index contributed by atoms with van der Waals surface area (Å²) in [4.78, 5) is 0. The first-order chi connectivity index (χ1) is 7.77. The van der Waals surface area contributed by atoms with Crippen LogP contribution in [-0.2, 0) is 0 Å². The first-order valence-electron chi connectivity index (χ1n) is 6.53. The van der Waals surface area contributed by atoms with E-state index in [-0.39, 0.29) is 0 Å². The van der Waals surface area contributed by atoms with Gasteiger partial charge < -0.3 is 5.32 Å². The molecule has 0 amide bonds. The molecule has 2 rings (SSSR count). The van der Waals surface area contributed by atoms with Gasteiger partial charge in [0.15, 0.2) is 0 Å². The van der Waals surface area contributed by atoms with Gasteiger partial charge in [-0.2, -0.15) is 0 Å². The van der Waals surface area contributed by atoms with E-state index in [0.29, 0.717) is 0 Å². The van der Waals surface area contributed by atoms with Gasteiger partial charge in [0.2, 0.25) is 0 Å². The van der Waals surface area contributed by atoms with Crippen LogP contribution in [0.15, 0.2) is 30.3 Å². The first-order valence-corrected chi connectivity index (χ1v) is 6.53. The molecule has 1 aromatic rings. The summed E-state index contributed by atoms with van der Waals surface area (Å²) in [6, 6.07) is 11.0. The van der Waals surface area contributed by atoms with Gasteiger partial charge in [-0.3, -0.25) is 0 Å². The van der Waals surface area contributed by atoms with Crippen molar-refractivity contribution >= 4 is 0 Å². The van der Waals surface area contributed by atoms with Gasteiger partial charge in [-0.25, -0.2) is 0 Å². The largest absolute Gasteiger partial charge is 0.316 e. The molecule has 0 saturated heterocycles. The standard InChI is InChI=1S/C15H23N/c1-12(2)10-16-11-14-8-9-15(14)13-6-4-3-5-7-13/h3-7,12,14-16H,8-11H2,1-2H3. The summed E-state index contributed by atoms with van der Waals surface area (Å²) >= 11 is 0. The maximum absolute atomic E-state index is 3.59. The maximum atomic E-state index is 3.59. The van der Waals surface area contributed by atoms with Crippen molar-refractivity contribution in [3.8, 4) is 0 Å². The van der Waals surface area contributed by atoms with Crippen LogP contribution in [0.25, 0.3) is 0 Å². The SMILES string of the molecule is CC(C)CNCC1CCC1c1ccccc1. The van der Waals surface area contributed by atoms with E-state index in [1.165, 1.54) is 24.9 Å². The molecule has 0 radical (unpaired) electrons. The molecule has 0 spiro atoms. The molecule has 1 aromatic carbocycles. The Bertz CT molecular complexity index is 304. The molecule has 88 valence electrons. The number of benzene rings is 1. The normalized spacial score (nSPS) is 24.4. The number of nitrogens with one attached hydrogen (secondary N) is 1. The average molecular weight is 217 g/mol. The molecule has 1 nitrogen and oxygen atoms in total. The summed E-state index contributed by atoms with van der Waals surface area (Å²) in [5.41, 5.74) is 1.53. The van der Waals surface area contributed by atoms with Crippen molar-refractivity contribution in [2.45, 2.75) is 32.6 Å². The van der Waals surface area contributed by atoms with E-state index in [9.17, 15) is 0 Å². The van der Waals surface area contributed by atoms with Crippen molar-refractivity contribution in [1.82, 2.24) is 5.32 Å². The Kier molecular flexibility index (Phi) is 4.00. The van der Waals surface area contributed by atoms with E-state index in [2.05, 4.69) is 49.5 Å². The average Bonchev–Trinajstić information content (AvgIpc) is 2.24. The molecule has 1 aliphatic carbocycles. The molecule has 2 unspecified atom stereocenters. The molecule has 2 atom stereocenters. The van der Waals surface area contributed by atoms with E-state index in [4.69, 9.17) is 0 Å². The smallest absolute Gasteiger partial charge is 0.00146 e. The summed E-state index contributed by atoms with van der Waals surface area (Å²) in [6.07, 6.45) is 2.77. The molecule has 0 aromatic heterocycles. The second kappa shape index (κ2) is 5.49. The predicted molar refractivity (Wildman–Crippen MR) is 69.6 cm³/mol. The van der Waals surface area contributed by atoms with Crippen LogP contribution in [0.5, 0.6) is 0 Å². The molecule has 1 aliphatic rings. The van der Waals surface area contributed by atoms with E-state index < -0.39 is 0 Å². The zero-order valence-corrected chi connectivity index (χ0v) is 10.4. The van der Waals surface area contributed by atoms with Crippen molar-refractivity contribution in [3.05, 3.63) is 35.9 Å². The fourth-order valence-corrected chi connectivity index (χ4v) is 2.51. The number of rotatable bonds is 5. The predicted octanol–water partition coefficient (Wildman–Crippen LogP) is 3.43. The van der Waals surface area contributed by atoms with E-state index in [0.717, 1.165) is 24.3 Å². The third kappa shape index (κ3) is 2.85. The second-order valence-electron chi connectivity index (χ2n) is 5.41. The van der Waals surface area contributed by atoms with Crippen molar-refractivity contribution < 1.29 is 0 Å². The summed E-state index contributed by atoms with van der Waals surface area (Å²) in [6.45, 7) is 6.88. The lowest BCUT2D eigenvalue weighted by Crippen LogP contribution is -2.35. The van der Waals surface area contributed by atoms with Gasteiger partial charge in [-0.15, -0.1) is 0 Å². The second-order valence-corrected chi connectivity index (χ2v) is 5.41. The fourth-order valence-electron chi connectivity index (χ4n) is 2.51. The Morgan fingerprint density at radius 1 is 1.19 bits per heavy atom. The van der Waals surface area contributed by atoms with Crippen molar-refractivity contribution in [2.24, 2.45) is 11.8 Å². The van der Waals surface area contributed by atoms with Crippen LogP contribution in [0.1, 0.15) is 38.2 Å². The molecular formula is C15H23N. The lowest BCUT2D eigenvalue weighted by atomic mass is 9.70. The Hall–Kier alpha value is -0.820. The van der Waals surface area contributed by atoms with Crippen LogP contribution >= 0.6 is 0 Å². The van der Waals surface area contributed by atoms with Gasteiger partial charge in [-0.05, 0) is 49.2 Å². The lowest BCUT2D eigenvalue weighted by Gasteiger charge is -2.37. The lowest BCUT2D eigenvalue weighted by molar-refractivity contribution is 0.243. The monoisotopic (exact) mass is 217 g/mol. The molecule has 0 aliphatic heterocycles. The highest BCUT2D eigenvalue weighted by atomic mass is 14.9. The van der Waals surface area contributed by atoms with Crippen LogP contribution in [-0.4, -0.2) is 13.1 Å². The summed E-state index contributed by atoms with van der Waals surface area (Å²) in [5.74, 6) is 2.43. The van der Waals surface area contributed by atoms with Crippen LogP contribution in [0, 0.1) is 11.8 Å². The van der Waals surface area contributed by atoms with Gasteiger partial charge in [0.05, 0.1) is 0 Å². The van der Waals surface area contributed by atoms with Gasteiger partial charge in [0, 0.05) is 0 Å². The quantitative estimate of drug-likeness (QED) is 0.797. The fraction of sp³-hybridized carbons (Fsp3) is 0.600. The minimum Gasteiger partial charge on any atom is -0.316 e. The Balaban J connectivity index is 1.80. The Morgan fingerprint density at radius 2 is 1.94 bits per heavy atom. The van der Waals surface area contributed by atoms with Crippen molar-refractivity contribution in [2.75, 3.05) is 13.1 Å². The third-order valence-corrected chi connectivity index (χ3v) is 3.60. The van der Waals surface area contributed by atoms with Gasteiger partial charge in [0.1, 0.15) is 0 Å². The van der Waals surface area contributed by atoms with Gasteiger partial charge in [-0.1, -0.05) is 44.2 Å². The van der Waals surface area contributed by atoms with Crippen LogP contribution < -0.4 is 5.32 Å². The number of hydrogen-bond acceptors (Lipinski definition) is 1. The first kappa shape index (κ1) is 11.7. The molecule has 1 fully saturated rings. The topological polar surface area (TPSA) is 12.0 Å². The Labute approximate surface area is 99.3 Å². The highest BCUT2D eigenvalue weighted by Crippen LogP contribution is 2.41. The molecule has 0 bridgehead atoms. The third-order valence-electron chi connectivity index (χ3n) is 3.60. The highest BCUT2D eigenvalue weighted by Gasteiger charge is 2.31. The highest BCUT2D eigenvalue weighted by molar-refractivity contribution is 5.22. The summed E-state index contributed by atoms with van der Waals surface area (Å²) in [5, 5.41) is 3.59. The molecular weight excluding hydrogens is 194 g/mol. The molecule has 16 heavy (non-hydrogen) atoms. The number of hydrogen-bond donors (Lipinski definition) is 1. The Morgan fingerprint density at radius 3 is 2.50 bits per heavy atom.